The van der Waals surface area contributed by atoms with E-state index in [1.54, 1.807) is 29.0 Å². The van der Waals surface area contributed by atoms with Gasteiger partial charge in [-0.15, -0.1) is 6.58 Å². The van der Waals surface area contributed by atoms with Crippen molar-refractivity contribution in [3.63, 3.8) is 0 Å². The summed E-state index contributed by atoms with van der Waals surface area (Å²) in [6, 6.07) is 11.3. The molecule has 0 amide bonds. The van der Waals surface area contributed by atoms with Crippen LogP contribution in [0.4, 0.5) is 0 Å². The average molecular weight is 390 g/mol. The van der Waals surface area contributed by atoms with Crippen LogP contribution >= 0.6 is 0 Å². The Morgan fingerprint density at radius 2 is 2.17 bits per heavy atom. The first-order chi connectivity index (χ1) is 14.2. The summed E-state index contributed by atoms with van der Waals surface area (Å²) in [5.74, 6) is 1.97. The van der Waals surface area contributed by atoms with Crippen molar-refractivity contribution in [2.75, 3.05) is 13.1 Å². The quantitative estimate of drug-likeness (QED) is 0.626. The Hall–Kier alpha value is -2.99. The number of rotatable bonds is 7. The fourth-order valence-corrected chi connectivity index (χ4v) is 3.94. The predicted molar refractivity (Wildman–Crippen MR) is 115 cm³/mol. The molecule has 2 unspecified atom stereocenters. The minimum atomic E-state index is -0.113. The van der Waals surface area contributed by atoms with Gasteiger partial charge in [-0.2, -0.15) is 0 Å². The van der Waals surface area contributed by atoms with E-state index in [-0.39, 0.29) is 11.7 Å². The number of aromatic nitrogens is 3. The van der Waals surface area contributed by atoms with Gasteiger partial charge in [-0.3, -0.25) is 9.36 Å². The Bertz CT molecular complexity index is 1050. The summed E-state index contributed by atoms with van der Waals surface area (Å²) in [4.78, 5) is 21.8. The van der Waals surface area contributed by atoms with Gasteiger partial charge in [-0.1, -0.05) is 13.0 Å². The number of nitrogens with one attached hydrogen (secondary N) is 1. The number of ether oxygens (including phenoxy) is 1. The molecule has 0 saturated carbocycles. The summed E-state index contributed by atoms with van der Waals surface area (Å²) >= 11 is 0. The van der Waals surface area contributed by atoms with Crippen molar-refractivity contribution in [3.05, 3.63) is 65.6 Å². The van der Waals surface area contributed by atoms with E-state index >= 15 is 0 Å². The predicted octanol–water partition coefficient (Wildman–Crippen LogP) is 3.41. The molecule has 1 N–H and O–H groups in total. The molecular formula is C23H26N4O2. The molecular weight excluding hydrogens is 364 g/mol. The molecule has 1 fully saturated rings. The number of allylic oxidation sites excluding steroid dienone is 1. The Balaban J connectivity index is 1.66. The third-order valence-electron chi connectivity index (χ3n) is 5.47. The lowest BCUT2D eigenvalue weighted by molar-refractivity contribution is 0.138. The number of pyridine rings is 1. The zero-order valence-corrected chi connectivity index (χ0v) is 16.7. The lowest BCUT2D eigenvalue weighted by Gasteiger charge is -2.23. The molecule has 6 nitrogen and oxygen atoms in total. The van der Waals surface area contributed by atoms with Crippen LogP contribution in [0.2, 0.25) is 0 Å². The van der Waals surface area contributed by atoms with E-state index in [1.165, 1.54) is 0 Å². The highest BCUT2D eigenvalue weighted by Gasteiger charge is 2.25. The summed E-state index contributed by atoms with van der Waals surface area (Å²) in [5, 5.41) is 3.92. The van der Waals surface area contributed by atoms with Crippen molar-refractivity contribution in [2.24, 2.45) is 5.92 Å². The fraction of sp³-hybridized carbons (Fsp3) is 0.348. The summed E-state index contributed by atoms with van der Waals surface area (Å²) in [6.07, 6.45) is 5.69. The zero-order chi connectivity index (χ0) is 20.2. The summed E-state index contributed by atoms with van der Waals surface area (Å²) in [5.41, 5.74) is 1.19. The van der Waals surface area contributed by atoms with E-state index in [0.717, 1.165) is 37.2 Å². The minimum absolute atomic E-state index is 0.113. The van der Waals surface area contributed by atoms with E-state index in [9.17, 15) is 4.79 Å². The lowest BCUT2D eigenvalue weighted by atomic mass is 9.99. The molecule has 150 valence electrons. The van der Waals surface area contributed by atoms with Gasteiger partial charge in [0.2, 0.25) is 0 Å². The van der Waals surface area contributed by atoms with Crippen LogP contribution in [0.1, 0.15) is 19.8 Å². The molecule has 0 aliphatic carbocycles. The summed E-state index contributed by atoms with van der Waals surface area (Å²) in [6.45, 7) is 8.40. The third-order valence-corrected chi connectivity index (χ3v) is 5.47. The van der Waals surface area contributed by atoms with Crippen molar-refractivity contribution in [3.8, 4) is 17.1 Å². The third kappa shape index (κ3) is 3.93. The van der Waals surface area contributed by atoms with Gasteiger partial charge in [0.25, 0.3) is 5.56 Å². The second kappa shape index (κ2) is 8.57. The van der Waals surface area contributed by atoms with Crippen molar-refractivity contribution in [1.29, 1.82) is 0 Å². The Labute approximate surface area is 170 Å². The van der Waals surface area contributed by atoms with Crippen LogP contribution in [-0.4, -0.2) is 33.7 Å². The van der Waals surface area contributed by atoms with Crippen LogP contribution in [0.3, 0.4) is 0 Å². The van der Waals surface area contributed by atoms with E-state index < -0.39 is 0 Å². The molecule has 2 aromatic heterocycles. The molecule has 1 saturated heterocycles. The molecule has 0 bridgehead atoms. The molecule has 29 heavy (non-hydrogen) atoms. The normalized spacial score (nSPS) is 17.3. The van der Waals surface area contributed by atoms with Gasteiger partial charge in [0, 0.05) is 30.8 Å². The molecule has 1 aliphatic rings. The minimum Gasteiger partial charge on any atom is -0.490 e. The van der Waals surface area contributed by atoms with E-state index in [4.69, 9.17) is 4.74 Å². The van der Waals surface area contributed by atoms with E-state index in [1.807, 2.05) is 24.3 Å². The maximum atomic E-state index is 12.9. The highest BCUT2D eigenvalue weighted by molar-refractivity contribution is 5.76. The zero-order valence-electron chi connectivity index (χ0n) is 16.7. The van der Waals surface area contributed by atoms with Crippen LogP contribution in [-0.2, 0) is 6.54 Å². The molecule has 4 rings (SSSR count). The van der Waals surface area contributed by atoms with Crippen LogP contribution in [0.15, 0.2) is 60.0 Å². The van der Waals surface area contributed by atoms with Gasteiger partial charge in [-0.25, -0.2) is 9.97 Å². The van der Waals surface area contributed by atoms with Crippen LogP contribution in [0.5, 0.6) is 5.75 Å². The molecule has 3 heterocycles. The molecule has 6 heteroatoms. The second-order valence-electron chi connectivity index (χ2n) is 7.36. The van der Waals surface area contributed by atoms with E-state index in [0.29, 0.717) is 29.3 Å². The SMILES string of the molecule is C=CCn1c(-c2ccc(OC(CC)C3CCNC3)cc2)nc2ncccc2c1=O. The van der Waals surface area contributed by atoms with Gasteiger partial charge in [-0.05, 0) is 55.8 Å². The van der Waals surface area contributed by atoms with Gasteiger partial charge in [0.05, 0.1) is 5.39 Å². The monoisotopic (exact) mass is 390 g/mol. The Morgan fingerprint density at radius 3 is 2.86 bits per heavy atom. The smallest absolute Gasteiger partial charge is 0.263 e. The second-order valence-corrected chi connectivity index (χ2v) is 7.36. The number of hydrogen-bond acceptors (Lipinski definition) is 5. The van der Waals surface area contributed by atoms with Crippen LogP contribution in [0, 0.1) is 5.92 Å². The van der Waals surface area contributed by atoms with Gasteiger partial charge < -0.3 is 10.1 Å². The van der Waals surface area contributed by atoms with E-state index in [2.05, 4.69) is 28.8 Å². The molecule has 3 aromatic rings. The molecule has 2 atom stereocenters. The maximum absolute atomic E-state index is 12.9. The van der Waals surface area contributed by atoms with Gasteiger partial charge >= 0.3 is 0 Å². The van der Waals surface area contributed by atoms with Gasteiger partial charge in [0.15, 0.2) is 5.65 Å². The van der Waals surface area contributed by atoms with Crippen molar-refractivity contribution >= 4 is 11.0 Å². The standard InChI is InChI=1S/C23H26N4O2/c1-3-14-27-22(26-21-19(23(27)28)6-5-12-25-21)16-7-9-18(10-8-16)29-20(4-2)17-11-13-24-15-17/h3,5-10,12,17,20,24H,1,4,11,13-15H2,2H3. The lowest BCUT2D eigenvalue weighted by Crippen LogP contribution is -2.28. The first kappa shape index (κ1) is 19.3. The molecule has 1 aliphatic heterocycles. The Morgan fingerprint density at radius 1 is 1.34 bits per heavy atom. The summed E-state index contributed by atoms with van der Waals surface area (Å²) < 4.78 is 7.88. The first-order valence-corrected chi connectivity index (χ1v) is 10.2. The highest BCUT2D eigenvalue weighted by atomic mass is 16.5. The number of benzene rings is 1. The molecule has 1 aromatic carbocycles. The molecule has 0 spiro atoms. The Kier molecular flexibility index (Phi) is 5.71. The maximum Gasteiger partial charge on any atom is 0.263 e. The fourth-order valence-electron chi connectivity index (χ4n) is 3.94. The number of fused-ring (bicyclic) bond motifs is 1. The van der Waals surface area contributed by atoms with Crippen molar-refractivity contribution in [1.82, 2.24) is 19.9 Å². The number of hydrogen-bond donors (Lipinski definition) is 1. The van der Waals surface area contributed by atoms with Crippen molar-refractivity contribution in [2.45, 2.75) is 32.4 Å². The average Bonchev–Trinajstić information content (AvgIpc) is 3.29. The van der Waals surface area contributed by atoms with Crippen LogP contribution < -0.4 is 15.6 Å². The topological polar surface area (TPSA) is 69.0 Å². The largest absolute Gasteiger partial charge is 0.490 e. The summed E-state index contributed by atoms with van der Waals surface area (Å²) in [7, 11) is 0. The van der Waals surface area contributed by atoms with Crippen LogP contribution in [0.25, 0.3) is 22.4 Å². The molecule has 0 radical (unpaired) electrons. The highest BCUT2D eigenvalue weighted by Crippen LogP contribution is 2.25. The van der Waals surface area contributed by atoms with Crippen molar-refractivity contribution < 1.29 is 4.74 Å². The first-order valence-electron chi connectivity index (χ1n) is 10.2. The van der Waals surface area contributed by atoms with Gasteiger partial charge in [0.1, 0.15) is 17.7 Å². The number of nitrogens with zero attached hydrogens (tertiary/aromatic N) is 3.